The number of rotatable bonds is 6. The van der Waals surface area contributed by atoms with Crippen molar-refractivity contribution in [1.82, 2.24) is 19.9 Å². The molecule has 23 heavy (non-hydrogen) atoms. The highest BCUT2D eigenvalue weighted by atomic mass is 32.1. The van der Waals surface area contributed by atoms with E-state index in [4.69, 9.17) is 10.1 Å². The maximum Gasteiger partial charge on any atom is 0.228 e. The molecule has 0 aliphatic carbocycles. The second kappa shape index (κ2) is 7.81. The molecule has 124 valence electrons. The highest BCUT2D eigenvalue weighted by Crippen LogP contribution is 2.31. The van der Waals surface area contributed by atoms with Crippen molar-refractivity contribution >= 4 is 22.4 Å². The molecular weight excluding hydrogens is 310 g/mol. The Labute approximate surface area is 140 Å². The minimum Gasteiger partial charge on any atom is -0.396 e. The van der Waals surface area contributed by atoms with Gasteiger partial charge in [-0.1, -0.05) is 0 Å². The minimum absolute atomic E-state index is 0.268. The first-order valence-electron chi connectivity index (χ1n) is 8.10. The van der Waals surface area contributed by atoms with E-state index in [-0.39, 0.29) is 6.61 Å². The van der Waals surface area contributed by atoms with Crippen molar-refractivity contribution in [3.8, 4) is 0 Å². The van der Waals surface area contributed by atoms with E-state index in [0.717, 1.165) is 37.5 Å². The third-order valence-corrected chi connectivity index (χ3v) is 5.20. The van der Waals surface area contributed by atoms with Crippen molar-refractivity contribution in [3.05, 3.63) is 29.5 Å². The number of nitrogens with one attached hydrogen (secondary N) is 1. The molecule has 0 saturated carbocycles. The van der Waals surface area contributed by atoms with E-state index in [1.54, 1.807) is 29.8 Å². The normalized spacial score (nSPS) is 18.0. The summed E-state index contributed by atoms with van der Waals surface area (Å²) < 4.78 is 0. The van der Waals surface area contributed by atoms with Gasteiger partial charge >= 0.3 is 0 Å². The van der Waals surface area contributed by atoms with Crippen LogP contribution in [-0.2, 0) is 0 Å². The molecule has 6 nitrogen and oxygen atoms in total. The third kappa shape index (κ3) is 4.25. The first kappa shape index (κ1) is 16.3. The average molecular weight is 333 g/mol. The molecule has 1 aliphatic rings. The summed E-state index contributed by atoms with van der Waals surface area (Å²) in [6.07, 6.45) is 6.54. The third-order valence-electron chi connectivity index (χ3n) is 4.42. The molecule has 0 bridgehead atoms. The van der Waals surface area contributed by atoms with Crippen molar-refractivity contribution in [2.24, 2.45) is 0 Å². The average Bonchev–Trinajstić information content (AvgIpc) is 3.05. The quantitative estimate of drug-likeness (QED) is 0.846. The largest absolute Gasteiger partial charge is 0.396 e. The lowest BCUT2D eigenvalue weighted by molar-refractivity contribution is 0.135. The Kier molecular flexibility index (Phi) is 5.53. The second-order valence-electron chi connectivity index (χ2n) is 5.95. The molecule has 2 aromatic heterocycles. The second-order valence-corrected chi connectivity index (χ2v) is 6.80. The zero-order valence-electron chi connectivity index (χ0n) is 13.4. The fraction of sp³-hybridized carbons (Fsp3) is 0.562. The van der Waals surface area contributed by atoms with Gasteiger partial charge in [-0.3, -0.25) is 0 Å². The molecule has 0 unspecified atom stereocenters. The Balaban J connectivity index is 1.55. The van der Waals surface area contributed by atoms with Gasteiger partial charge in [0.2, 0.25) is 5.95 Å². The van der Waals surface area contributed by atoms with Gasteiger partial charge in [0.15, 0.2) is 5.13 Å². The topological polar surface area (TPSA) is 74.2 Å². The van der Waals surface area contributed by atoms with Gasteiger partial charge in [0.05, 0.1) is 5.69 Å². The number of aliphatic hydroxyl groups excluding tert-OH is 1. The van der Waals surface area contributed by atoms with E-state index in [1.807, 2.05) is 0 Å². The number of anilines is 2. The summed E-state index contributed by atoms with van der Waals surface area (Å²) >= 11 is 1.60. The maximum absolute atomic E-state index is 9.07. The highest BCUT2D eigenvalue weighted by molar-refractivity contribution is 7.13. The molecule has 1 fully saturated rings. The lowest BCUT2D eigenvalue weighted by Crippen LogP contribution is -2.39. The van der Waals surface area contributed by atoms with Crippen molar-refractivity contribution in [3.63, 3.8) is 0 Å². The SMILES string of the molecule is C[C@@H](CCO)N1CCC(c2csc(Nc3ncccn3)n2)CC1. The van der Waals surface area contributed by atoms with Crippen LogP contribution in [0.15, 0.2) is 23.8 Å². The number of piperidine rings is 1. The minimum atomic E-state index is 0.268. The van der Waals surface area contributed by atoms with Gasteiger partial charge in [-0.2, -0.15) is 0 Å². The Morgan fingerprint density at radius 3 is 2.78 bits per heavy atom. The monoisotopic (exact) mass is 333 g/mol. The van der Waals surface area contributed by atoms with Crippen molar-refractivity contribution < 1.29 is 5.11 Å². The number of thiazole rings is 1. The van der Waals surface area contributed by atoms with E-state index in [9.17, 15) is 0 Å². The first-order valence-corrected chi connectivity index (χ1v) is 8.98. The van der Waals surface area contributed by atoms with Crippen LogP contribution in [0.1, 0.15) is 37.8 Å². The molecular formula is C16H23N5OS. The number of nitrogens with zero attached hydrogens (tertiary/aromatic N) is 4. The summed E-state index contributed by atoms with van der Waals surface area (Å²) in [5.74, 6) is 1.11. The molecule has 0 radical (unpaired) electrons. The summed E-state index contributed by atoms with van der Waals surface area (Å²) in [5, 5.41) is 15.2. The van der Waals surface area contributed by atoms with Crippen LogP contribution in [0.4, 0.5) is 11.1 Å². The summed E-state index contributed by atoms with van der Waals surface area (Å²) in [5.41, 5.74) is 1.17. The number of hydrogen-bond acceptors (Lipinski definition) is 7. The van der Waals surface area contributed by atoms with Gasteiger partial charge in [0, 0.05) is 36.3 Å². The molecule has 1 saturated heterocycles. The summed E-state index contributed by atoms with van der Waals surface area (Å²) in [6, 6.07) is 2.26. The summed E-state index contributed by atoms with van der Waals surface area (Å²) in [6.45, 7) is 4.62. The highest BCUT2D eigenvalue weighted by Gasteiger charge is 2.25. The molecule has 1 aliphatic heterocycles. The molecule has 0 spiro atoms. The molecule has 7 heteroatoms. The van der Waals surface area contributed by atoms with Crippen LogP contribution >= 0.6 is 11.3 Å². The molecule has 0 amide bonds. The van der Waals surface area contributed by atoms with E-state index >= 15 is 0 Å². The lowest BCUT2D eigenvalue weighted by atomic mass is 9.93. The molecule has 3 heterocycles. The lowest BCUT2D eigenvalue weighted by Gasteiger charge is -2.35. The number of aromatic nitrogens is 3. The molecule has 3 rings (SSSR count). The van der Waals surface area contributed by atoms with Crippen LogP contribution in [0.3, 0.4) is 0 Å². The van der Waals surface area contributed by atoms with E-state index in [2.05, 4.69) is 32.5 Å². The van der Waals surface area contributed by atoms with Gasteiger partial charge in [-0.05, 0) is 45.3 Å². The first-order chi connectivity index (χ1) is 11.3. The Hall–Kier alpha value is -1.57. The van der Waals surface area contributed by atoms with Crippen LogP contribution in [0, 0.1) is 0 Å². The van der Waals surface area contributed by atoms with Crippen molar-refractivity contribution in [2.45, 2.75) is 38.1 Å². The van der Waals surface area contributed by atoms with E-state index in [0.29, 0.717) is 17.9 Å². The standard InChI is InChI=1S/C16H23N5OS/c1-12(5-10-22)21-8-3-13(4-9-21)14-11-23-16(19-14)20-15-17-6-2-7-18-15/h2,6-7,11-13,22H,3-5,8-10H2,1H3,(H,17,18,19,20)/t12-/m0/s1. The summed E-state index contributed by atoms with van der Waals surface area (Å²) in [7, 11) is 0. The van der Waals surface area contributed by atoms with Crippen LogP contribution in [-0.4, -0.2) is 50.7 Å². The smallest absolute Gasteiger partial charge is 0.228 e. The molecule has 2 N–H and O–H groups in total. The Morgan fingerprint density at radius 2 is 2.09 bits per heavy atom. The molecule has 0 aromatic carbocycles. The van der Waals surface area contributed by atoms with Gasteiger partial charge in [0.25, 0.3) is 0 Å². The maximum atomic E-state index is 9.07. The predicted molar refractivity (Wildman–Crippen MR) is 92.1 cm³/mol. The number of hydrogen-bond donors (Lipinski definition) is 2. The predicted octanol–water partition coefficient (Wildman–Crippen LogP) is 2.63. The fourth-order valence-electron chi connectivity index (χ4n) is 3.00. The van der Waals surface area contributed by atoms with Gasteiger partial charge in [0.1, 0.15) is 0 Å². The zero-order valence-corrected chi connectivity index (χ0v) is 14.2. The fourth-order valence-corrected chi connectivity index (χ4v) is 3.78. The molecule has 2 aromatic rings. The van der Waals surface area contributed by atoms with Gasteiger partial charge < -0.3 is 15.3 Å². The summed E-state index contributed by atoms with van der Waals surface area (Å²) in [4.78, 5) is 15.5. The zero-order chi connectivity index (χ0) is 16.1. The number of likely N-dealkylation sites (tertiary alicyclic amines) is 1. The van der Waals surface area contributed by atoms with Crippen LogP contribution < -0.4 is 5.32 Å². The molecule has 1 atom stereocenters. The Morgan fingerprint density at radius 1 is 1.35 bits per heavy atom. The van der Waals surface area contributed by atoms with E-state index in [1.165, 1.54) is 5.69 Å². The van der Waals surface area contributed by atoms with Gasteiger partial charge in [-0.25, -0.2) is 15.0 Å². The van der Waals surface area contributed by atoms with Crippen molar-refractivity contribution in [1.29, 1.82) is 0 Å². The van der Waals surface area contributed by atoms with Crippen LogP contribution in [0.25, 0.3) is 0 Å². The van der Waals surface area contributed by atoms with Crippen molar-refractivity contribution in [2.75, 3.05) is 25.0 Å². The van der Waals surface area contributed by atoms with Crippen LogP contribution in [0.2, 0.25) is 0 Å². The van der Waals surface area contributed by atoms with Crippen LogP contribution in [0.5, 0.6) is 0 Å². The Bertz CT molecular complexity index is 598. The number of aliphatic hydroxyl groups is 1. The van der Waals surface area contributed by atoms with Gasteiger partial charge in [-0.15, -0.1) is 11.3 Å². The van der Waals surface area contributed by atoms with E-state index < -0.39 is 0 Å².